The van der Waals surface area contributed by atoms with Crippen molar-refractivity contribution in [3.63, 3.8) is 0 Å². The van der Waals surface area contributed by atoms with Crippen LogP contribution in [0.15, 0.2) is 8.86 Å². The second-order valence-corrected chi connectivity index (χ2v) is 7.77. The van der Waals surface area contributed by atoms with Crippen LogP contribution in [0.1, 0.15) is 51.1 Å². The monoisotopic (exact) mass is 327 g/mol. The van der Waals surface area contributed by atoms with Gasteiger partial charge in [-0.3, -0.25) is 0 Å². The van der Waals surface area contributed by atoms with Crippen molar-refractivity contribution in [3.05, 3.63) is 11.7 Å². The highest BCUT2D eigenvalue weighted by Crippen LogP contribution is 2.36. The van der Waals surface area contributed by atoms with Crippen molar-refractivity contribution in [2.75, 3.05) is 11.9 Å². The third-order valence-corrected chi connectivity index (χ3v) is 4.70. The summed E-state index contributed by atoms with van der Waals surface area (Å²) in [4.78, 5) is 4.40. The summed E-state index contributed by atoms with van der Waals surface area (Å²) < 4.78 is 6.20. The molecule has 0 radical (unpaired) electrons. The lowest BCUT2D eigenvalue weighted by atomic mass is 10.2. The maximum atomic E-state index is 5.30. The molecule has 1 unspecified atom stereocenters. The molecule has 0 aromatic carbocycles. The summed E-state index contributed by atoms with van der Waals surface area (Å²) in [5.74, 6) is 2.01. The molecule has 116 valence electrons. The first-order valence-electron chi connectivity index (χ1n) is 7.15. The maximum Gasteiger partial charge on any atom is 0.239 e. The van der Waals surface area contributed by atoms with Crippen molar-refractivity contribution >= 4 is 28.2 Å². The van der Waals surface area contributed by atoms with E-state index < -0.39 is 0 Å². The van der Waals surface area contributed by atoms with Crippen molar-refractivity contribution in [2.24, 2.45) is 5.92 Å². The van der Waals surface area contributed by atoms with Crippen LogP contribution in [0.4, 0.5) is 5.13 Å². The molecule has 0 aliphatic heterocycles. The van der Waals surface area contributed by atoms with E-state index >= 15 is 0 Å². The Bertz CT molecular complexity index is 554. The Morgan fingerprint density at radius 2 is 2.10 bits per heavy atom. The summed E-state index contributed by atoms with van der Waals surface area (Å²) in [6, 6.07) is 0. The van der Waals surface area contributed by atoms with Crippen LogP contribution in [-0.4, -0.2) is 26.9 Å². The molecule has 0 aliphatic carbocycles. The zero-order chi connectivity index (χ0) is 15.2. The number of aromatic nitrogens is 4. The molecule has 0 spiro atoms. The molecule has 0 saturated carbocycles. The van der Waals surface area contributed by atoms with Crippen LogP contribution in [0, 0.1) is 5.92 Å². The van der Waals surface area contributed by atoms with E-state index in [2.05, 4.69) is 46.4 Å². The third kappa shape index (κ3) is 4.96. The summed E-state index contributed by atoms with van der Waals surface area (Å²) in [5, 5.41) is 16.5. The van der Waals surface area contributed by atoms with Gasteiger partial charge in [-0.25, -0.2) is 0 Å². The minimum atomic E-state index is 0.0778. The Labute approximate surface area is 133 Å². The van der Waals surface area contributed by atoms with Gasteiger partial charge in [0.05, 0.1) is 5.25 Å². The van der Waals surface area contributed by atoms with Gasteiger partial charge in [-0.2, -0.15) is 4.98 Å². The Morgan fingerprint density at radius 3 is 2.81 bits per heavy atom. The van der Waals surface area contributed by atoms with Crippen LogP contribution in [0.2, 0.25) is 0 Å². The number of hydrogen-bond acceptors (Lipinski definition) is 8. The van der Waals surface area contributed by atoms with Gasteiger partial charge < -0.3 is 9.84 Å². The minimum absolute atomic E-state index is 0.0778. The van der Waals surface area contributed by atoms with Crippen molar-refractivity contribution in [1.29, 1.82) is 0 Å². The van der Waals surface area contributed by atoms with Gasteiger partial charge in [0, 0.05) is 13.0 Å². The summed E-state index contributed by atoms with van der Waals surface area (Å²) in [5.41, 5.74) is 0. The zero-order valence-corrected chi connectivity index (χ0v) is 14.4. The molecule has 1 N–H and O–H groups in total. The molecule has 8 heteroatoms. The molecule has 0 aliphatic rings. The Hall–Kier alpha value is -1.15. The van der Waals surface area contributed by atoms with Crippen molar-refractivity contribution in [2.45, 2.75) is 50.1 Å². The number of nitrogens with one attached hydrogen (secondary N) is 1. The second kappa shape index (κ2) is 7.74. The van der Waals surface area contributed by atoms with E-state index in [-0.39, 0.29) is 5.25 Å². The molecular formula is C13H21N5OS2. The van der Waals surface area contributed by atoms with Crippen molar-refractivity contribution in [1.82, 2.24) is 20.3 Å². The molecular weight excluding hydrogens is 306 g/mol. The molecule has 1 atom stereocenters. The smallest absolute Gasteiger partial charge is 0.239 e. The van der Waals surface area contributed by atoms with E-state index in [1.165, 1.54) is 0 Å². The summed E-state index contributed by atoms with van der Waals surface area (Å²) in [6.45, 7) is 9.36. The van der Waals surface area contributed by atoms with Crippen molar-refractivity contribution < 1.29 is 4.52 Å². The lowest BCUT2D eigenvalue weighted by molar-refractivity contribution is 0.374. The van der Waals surface area contributed by atoms with Crippen LogP contribution in [0.3, 0.4) is 0 Å². The standard InChI is InChI=1S/C13H21N5OS2/c1-5-6-10-15-11(19-18-10)9(4)20-13-17-16-12(21-13)14-7-8(2)3/h8-9H,5-7H2,1-4H3,(H,14,16). The van der Waals surface area contributed by atoms with E-state index in [1.54, 1.807) is 23.1 Å². The molecule has 6 nitrogen and oxygen atoms in total. The van der Waals surface area contributed by atoms with Gasteiger partial charge in [-0.1, -0.05) is 49.0 Å². The number of thioether (sulfide) groups is 1. The van der Waals surface area contributed by atoms with Gasteiger partial charge >= 0.3 is 0 Å². The first-order chi connectivity index (χ1) is 10.1. The van der Waals surface area contributed by atoms with Gasteiger partial charge in [-0.05, 0) is 19.3 Å². The van der Waals surface area contributed by atoms with Crippen LogP contribution in [0.25, 0.3) is 0 Å². The number of aryl methyl sites for hydroxylation is 1. The average molecular weight is 327 g/mol. The SMILES string of the molecule is CCCc1noc(C(C)Sc2nnc(NCC(C)C)s2)n1. The van der Waals surface area contributed by atoms with E-state index in [4.69, 9.17) is 4.52 Å². The Kier molecular flexibility index (Phi) is 5.98. The minimum Gasteiger partial charge on any atom is -0.360 e. The van der Waals surface area contributed by atoms with Gasteiger partial charge in [0.1, 0.15) is 0 Å². The number of nitrogens with zero attached hydrogens (tertiary/aromatic N) is 4. The normalized spacial score (nSPS) is 12.8. The Morgan fingerprint density at radius 1 is 1.29 bits per heavy atom. The molecule has 0 bridgehead atoms. The number of rotatable bonds is 8. The number of hydrogen-bond donors (Lipinski definition) is 1. The first-order valence-corrected chi connectivity index (χ1v) is 8.84. The molecule has 2 heterocycles. The molecule has 0 saturated heterocycles. The fourth-order valence-corrected chi connectivity index (χ4v) is 3.51. The predicted molar refractivity (Wildman–Crippen MR) is 85.8 cm³/mol. The van der Waals surface area contributed by atoms with Crippen molar-refractivity contribution in [3.8, 4) is 0 Å². The highest BCUT2D eigenvalue weighted by Gasteiger charge is 2.17. The van der Waals surface area contributed by atoms with Crippen LogP contribution >= 0.6 is 23.1 Å². The predicted octanol–water partition coefficient (Wildman–Crippen LogP) is 3.79. The zero-order valence-electron chi connectivity index (χ0n) is 12.8. The van der Waals surface area contributed by atoms with Gasteiger partial charge in [0.25, 0.3) is 0 Å². The maximum absolute atomic E-state index is 5.30. The average Bonchev–Trinajstić information content (AvgIpc) is 3.06. The molecule has 2 aromatic heterocycles. The van der Waals surface area contributed by atoms with Crippen LogP contribution in [0.5, 0.6) is 0 Å². The summed E-state index contributed by atoms with van der Waals surface area (Å²) in [6.07, 6.45) is 1.87. The fourth-order valence-electron chi connectivity index (χ4n) is 1.58. The van der Waals surface area contributed by atoms with E-state index in [9.17, 15) is 0 Å². The third-order valence-electron chi connectivity index (χ3n) is 2.65. The molecule has 21 heavy (non-hydrogen) atoms. The second-order valence-electron chi connectivity index (χ2n) is 5.21. The molecule has 0 fully saturated rings. The first kappa shape index (κ1) is 16.2. The fraction of sp³-hybridized carbons (Fsp3) is 0.692. The number of anilines is 1. The van der Waals surface area contributed by atoms with Crippen LogP contribution < -0.4 is 5.32 Å². The lowest BCUT2D eigenvalue weighted by Crippen LogP contribution is -2.07. The molecule has 0 amide bonds. The topological polar surface area (TPSA) is 76.7 Å². The van der Waals surface area contributed by atoms with Gasteiger partial charge in [0.15, 0.2) is 10.2 Å². The highest BCUT2D eigenvalue weighted by atomic mass is 32.2. The van der Waals surface area contributed by atoms with E-state index in [0.29, 0.717) is 11.8 Å². The van der Waals surface area contributed by atoms with Crippen LogP contribution in [-0.2, 0) is 6.42 Å². The lowest BCUT2D eigenvalue weighted by Gasteiger charge is -2.03. The molecule has 2 rings (SSSR count). The quantitative estimate of drug-likeness (QED) is 0.739. The Balaban J connectivity index is 1.90. The highest BCUT2D eigenvalue weighted by molar-refractivity contribution is 8.01. The van der Waals surface area contributed by atoms with E-state index in [1.807, 2.05) is 6.92 Å². The van der Waals surface area contributed by atoms with Gasteiger partial charge in [0.2, 0.25) is 11.0 Å². The summed E-state index contributed by atoms with van der Waals surface area (Å²) >= 11 is 3.15. The van der Waals surface area contributed by atoms with Gasteiger partial charge in [-0.15, -0.1) is 10.2 Å². The molecule has 2 aromatic rings. The summed E-state index contributed by atoms with van der Waals surface area (Å²) in [7, 11) is 0. The van der Waals surface area contributed by atoms with E-state index in [0.717, 1.165) is 34.7 Å². The largest absolute Gasteiger partial charge is 0.360 e.